The second kappa shape index (κ2) is 7.85. The van der Waals surface area contributed by atoms with Gasteiger partial charge in [-0.05, 0) is 44.8 Å². The molecule has 6 aromatic heterocycles. The first-order valence-corrected chi connectivity index (χ1v) is 10.8. The summed E-state index contributed by atoms with van der Waals surface area (Å²) >= 11 is 0. The number of aromatic amines is 2. The number of aromatic nitrogens is 9. The summed E-state index contributed by atoms with van der Waals surface area (Å²) in [5.74, 6) is 0.622. The highest BCUT2D eigenvalue weighted by molar-refractivity contribution is 5.92. The number of nitrogens with zero attached hydrogens (tertiary/aromatic N) is 8. The Morgan fingerprint density at radius 3 is 2.68 bits per heavy atom. The maximum absolute atomic E-state index is 4.92. The molecule has 0 unspecified atom stereocenters. The van der Waals surface area contributed by atoms with Crippen LogP contribution in [-0.2, 0) is 6.54 Å². The average Bonchev–Trinajstić information content (AvgIpc) is 3.55. The number of pyridine rings is 3. The van der Waals surface area contributed by atoms with Crippen molar-refractivity contribution in [1.82, 2.24) is 49.6 Å². The molecule has 0 aliphatic carbocycles. The molecular weight excluding hydrogens is 428 g/mol. The van der Waals surface area contributed by atoms with Crippen molar-refractivity contribution in [1.29, 1.82) is 0 Å². The first-order valence-electron chi connectivity index (χ1n) is 10.8. The summed E-state index contributed by atoms with van der Waals surface area (Å²) in [6.45, 7) is 2.76. The minimum absolute atomic E-state index is 0.622. The van der Waals surface area contributed by atoms with Crippen molar-refractivity contribution in [3.8, 4) is 28.5 Å². The van der Waals surface area contributed by atoms with Gasteiger partial charge >= 0.3 is 0 Å². The lowest BCUT2D eigenvalue weighted by molar-refractivity contribution is 0.402. The van der Waals surface area contributed by atoms with Crippen molar-refractivity contribution in [3.05, 3.63) is 66.8 Å². The van der Waals surface area contributed by atoms with Crippen LogP contribution in [-0.4, -0.2) is 63.7 Å². The summed E-state index contributed by atoms with van der Waals surface area (Å²) in [4.78, 5) is 28.3. The van der Waals surface area contributed by atoms with Crippen LogP contribution in [0.25, 0.3) is 50.5 Å². The Balaban J connectivity index is 1.45. The zero-order valence-corrected chi connectivity index (χ0v) is 19.0. The molecular formula is C24H22N10. The molecule has 168 valence electrons. The number of aryl methyl sites for hydroxylation is 1. The zero-order chi connectivity index (χ0) is 23.2. The number of rotatable bonds is 5. The molecule has 0 aromatic carbocycles. The van der Waals surface area contributed by atoms with Crippen LogP contribution in [0.15, 0.2) is 55.5 Å². The van der Waals surface area contributed by atoms with Gasteiger partial charge in [0, 0.05) is 30.7 Å². The van der Waals surface area contributed by atoms with Gasteiger partial charge < -0.3 is 14.5 Å². The third kappa shape index (κ3) is 3.50. The average molecular weight is 451 g/mol. The van der Waals surface area contributed by atoms with Gasteiger partial charge in [-0.1, -0.05) is 0 Å². The van der Waals surface area contributed by atoms with Gasteiger partial charge in [-0.25, -0.2) is 15.0 Å². The standard InChI is InChI=1S/C24H22N10/c1-14-11-34(13-27-14)20-10-26-9-19-21(20)30-24(29-19)23-22-18(31-32-23)5-4-17(28-22)16-6-15(7-25-8-16)12-33(2)3/h4-11,13H,12H2,1-3H3,(H,29,30)(H,31,32). The minimum Gasteiger partial charge on any atom is -0.335 e. The lowest BCUT2D eigenvalue weighted by Crippen LogP contribution is -2.10. The number of nitrogens with one attached hydrogen (secondary N) is 2. The third-order valence-electron chi connectivity index (χ3n) is 5.59. The largest absolute Gasteiger partial charge is 0.335 e. The van der Waals surface area contributed by atoms with E-state index < -0.39 is 0 Å². The van der Waals surface area contributed by atoms with Crippen molar-refractivity contribution in [3.63, 3.8) is 0 Å². The van der Waals surface area contributed by atoms with Crippen LogP contribution in [0.1, 0.15) is 11.3 Å². The summed E-state index contributed by atoms with van der Waals surface area (Å²) < 4.78 is 1.92. The Bertz CT molecular complexity index is 1640. The highest BCUT2D eigenvalue weighted by Crippen LogP contribution is 2.29. The van der Waals surface area contributed by atoms with Crippen molar-refractivity contribution >= 4 is 22.1 Å². The molecule has 10 nitrogen and oxygen atoms in total. The van der Waals surface area contributed by atoms with Crippen LogP contribution in [0, 0.1) is 6.92 Å². The van der Waals surface area contributed by atoms with E-state index >= 15 is 0 Å². The lowest BCUT2D eigenvalue weighted by atomic mass is 10.1. The first-order chi connectivity index (χ1) is 16.5. The fraction of sp³-hybridized carbons (Fsp3) is 0.167. The number of hydrogen-bond acceptors (Lipinski definition) is 7. The highest BCUT2D eigenvalue weighted by Gasteiger charge is 2.17. The van der Waals surface area contributed by atoms with Gasteiger partial charge in [0.05, 0.1) is 46.8 Å². The van der Waals surface area contributed by atoms with Crippen molar-refractivity contribution in [2.75, 3.05) is 14.1 Å². The van der Waals surface area contributed by atoms with E-state index in [1.165, 1.54) is 0 Å². The van der Waals surface area contributed by atoms with Crippen LogP contribution in [0.4, 0.5) is 0 Å². The van der Waals surface area contributed by atoms with Crippen LogP contribution in [0.2, 0.25) is 0 Å². The van der Waals surface area contributed by atoms with Gasteiger partial charge in [-0.15, -0.1) is 0 Å². The maximum Gasteiger partial charge on any atom is 0.161 e. The Morgan fingerprint density at radius 2 is 1.85 bits per heavy atom. The van der Waals surface area contributed by atoms with Gasteiger partial charge in [-0.2, -0.15) is 5.10 Å². The highest BCUT2D eigenvalue weighted by atomic mass is 15.2. The van der Waals surface area contributed by atoms with Crippen molar-refractivity contribution < 1.29 is 0 Å². The van der Waals surface area contributed by atoms with Crippen LogP contribution in [0.3, 0.4) is 0 Å². The van der Waals surface area contributed by atoms with E-state index in [1.807, 2.05) is 56.3 Å². The topological polar surface area (TPSA) is 117 Å². The predicted octanol–water partition coefficient (Wildman–Crippen LogP) is 3.51. The van der Waals surface area contributed by atoms with Gasteiger partial charge in [0.1, 0.15) is 11.0 Å². The maximum atomic E-state index is 4.92. The molecule has 0 saturated carbocycles. The molecule has 0 atom stereocenters. The normalized spacial score (nSPS) is 11.8. The monoisotopic (exact) mass is 450 g/mol. The zero-order valence-electron chi connectivity index (χ0n) is 19.0. The molecule has 10 heteroatoms. The molecule has 0 saturated heterocycles. The van der Waals surface area contributed by atoms with Gasteiger partial charge in [0.25, 0.3) is 0 Å². The quantitative estimate of drug-likeness (QED) is 0.413. The van der Waals surface area contributed by atoms with Crippen LogP contribution in [0.5, 0.6) is 0 Å². The molecule has 6 aromatic rings. The fourth-order valence-electron chi connectivity index (χ4n) is 4.08. The Morgan fingerprint density at radius 1 is 0.971 bits per heavy atom. The smallest absolute Gasteiger partial charge is 0.161 e. The molecule has 0 spiro atoms. The second-order valence-corrected chi connectivity index (χ2v) is 8.55. The van der Waals surface area contributed by atoms with E-state index in [0.717, 1.165) is 56.8 Å². The van der Waals surface area contributed by atoms with E-state index in [9.17, 15) is 0 Å². The Labute approximate surface area is 194 Å². The molecule has 34 heavy (non-hydrogen) atoms. The van der Waals surface area contributed by atoms with Gasteiger partial charge in [0.15, 0.2) is 11.5 Å². The lowest BCUT2D eigenvalue weighted by Gasteiger charge is -2.10. The van der Waals surface area contributed by atoms with E-state index in [4.69, 9.17) is 9.97 Å². The molecule has 0 radical (unpaired) electrons. The fourth-order valence-corrected chi connectivity index (χ4v) is 4.08. The summed E-state index contributed by atoms with van der Waals surface area (Å²) in [5.41, 5.74) is 8.51. The van der Waals surface area contributed by atoms with E-state index in [-0.39, 0.29) is 0 Å². The minimum atomic E-state index is 0.622. The molecule has 0 amide bonds. The molecule has 0 aliphatic heterocycles. The van der Waals surface area contributed by atoms with Crippen LogP contribution >= 0.6 is 0 Å². The van der Waals surface area contributed by atoms with Crippen molar-refractivity contribution in [2.45, 2.75) is 13.5 Å². The summed E-state index contributed by atoms with van der Waals surface area (Å²) in [7, 11) is 4.08. The van der Waals surface area contributed by atoms with E-state index in [2.05, 4.69) is 41.1 Å². The number of H-pyrrole nitrogens is 2. The van der Waals surface area contributed by atoms with Gasteiger partial charge in [0.2, 0.25) is 0 Å². The SMILES string of the molecule is Cc1cn(-c2cncc3[nH]c(-c4n[nH]c5ccc(-c6cncc(CN(C)C)c6)nc45)nc23)cn1. The molecule has 6 rings (SSSR count). The summed E-state index contributed by atoms with van der Waals surface area (Å²) in [5, 5.41) is 7.59. The third-order valence-corrected chi connectivity index (χ3v) is 5.59. The summed E-state index contributed by atoms with van der Waals surface area (Å²) in [6.07, 6.45) is 11.0. The van der Waals surface area contributed by atoms with E-state index in [0.29, 0.717) is 11.5 Å². The number of imidazole rings is 2. The molecule has 2 N–H and O–H groups in total. The molecule has 0 fully saturated rings. The first kappa shape index (κ1) is 20.2. The van der Waals surface area contributed by atoms with Crippen molar-refractivity contribution in [2.24, 2.45) is 0 Å². The molecule has 0 aliphatic rings. The number of hydrogen-bond donors (Lipinski definition) is 2. The van der Waals surface area contributed by atoms with Crippen LogP contribution < -0.4 is 0 Å². The molecule has 0 bridgehead atoms. The number of fused-ring (bicyclic) bond motifs is 2. The van der Waals surface area contributed by atoms with E-state index in [1.54, 1.807) is 18.7 Å². The summed E-state index contributed by atoms with van der Waals surface area (Å²) in [6, 6.07) is 6.08. The second-order valence-electron chi connectivity index (χ2n) is 8.55. The Hall–Kier alpha value is -4.44. The molecule has 6 heterocycles. The predicted molar refractivity (Wildman–Crippen MR) is 129 cm³/mol. The Kier molecular flexibility index (Phi) is 4.66. The van der Waals surface area contributed by atoms with Gasteiger partial charge in [-0.3, -0.25) is 15.1 Å².